The SMILES string of the molecule is CCCCCCCCCCC[C@H](CC(=O)N[C@@H](CCC(=O)O)CO[C@@H]1O[C@H](CO)[C@@H](OP(=O)(O)O)[C@H](OC(=O)C[C@@H](CCCCCCCCCCC)OC(=O)CCCCCCCCC)[C@@H]1NC(=O)C[C@@H](CCCCCCCCCCC)OC(=O)CCCCCCCCC)OC(=O)CCCCCCCCC. The van der Waals surface area contributed by atoms with Crippen molar-refractivity contribution < 1.29 is 91.1 Å². The van der Waals surface area contributed by atoms with E-state index in [0.717, 1.165) is 212 Å². The highest BCUT2D eigenvalue weighted by Gasteiger charge is 2.52. The minimum absolute atomic E-state index is 0.135. The Morgan fingerprint density at radius 2 is 0.705 bits per heavy atom. The Labute approximate surface area is 636 Å². The third-order valence-electron chi connectivity index (χ3n) is 20.2. The van der Waals surface area contributed by atoms with Crippen LogP contribution in [0.3, 0.4) is 0 Å². The van der Waals surface area contributed by atoms with Gasteiger partial charge in [0.25, 0.3) is 0 Å². The predicted octanol–water partition coefficient (Wildman–Crippen LogP) is 20.0. The minimum atomic E-state index is -5.55. The number of carboxylic acid groups (broad SMARTS) is 1. The Hall–Kier alpha value is -3.72. The third-order valence-corrected chi connectivity index (χ3v) is 20.7. The second-order valence-corrected chi connectivity index (χ2v) is 31.5. The van der Waals surface area contributed by atoms with Crippen molar-refractivity contribution in [3.05, 3.63) is 0 Å². The maximum Gasteiger partial charge on any atom is 0.470 e. The van der Waals surface area contributed by atoms with Crippen LogP contribution in [-0.2, 0) is 71.1 Å². The average molecular weight is 1520 g/mol. The third kappa shape index (κ3) is 58.0. The van der Waals surface area contributed by atoms with Gasteiger partial charge in [-0.1, -0.05) is 311 Å². The molecule has 0 saturated carbocycles. The van der Waals surface area contributed by atoms with Gasteiger partial charge in [0.05, 0.1) is 38.5 Å². The van der Waals surface area contributed by atoms with Crippen molar-refractivity contribution in [1.82, 2.24) is 10.6 Å². The number of ether oxygens (including phenoxy) is 6. The van der Waals surface area contributed by atoms with Gasteiger partial charge in [-0.25, -0.2) is 4.57 Å². The monoisotopic (exact) mass is 1520 g/mol. The van der Waals surface area contributed by atoms with Gasteiger partial charge in [0, 0.05) is 25.7 Å². The number of carbonyl (C=O) groups is 7. The lowest BCUT2D eigenvalue weighted by atomic mass is 9.95. The zero-order chi connectivity index (χ0) is 77.2. The molecule has 22 heteroatoms. The van der Waals surface area contributed by atoms with Crippen molar-refractivity contribution in [2.75, 3.05) is 13.2 Å². The topological polar surface area (TPSA) is 306 Å². The van der Waals surface area contributed by atoms with Crippen LogP contribution in [0.15, 0.2) is 0 Å². The zero-order valence-corrected chi connectivity index (χ0v) is 68.1. The van der Waals surface area contributed by atoms with Crippen molar-refractivity contribution in [2.24, 2.45) is 0 Å². The first-order chi connectivity index (χ1) is 50.8. The first kappa shape index (κ1) is 99.3. The fourth-order valence-electron chi connectivity index (χ4n) is 13.9. The normalized spacial score (nSPS) is 17.2. The smallest absolute Gasteiger partial charge is 0.470 e. The largest absolute Gasteiger partial charge is 0.481 e. The number of nitrogens with one attached hydrogen (secondary N) is 2. The molecule has 2 amide bonds. The Morgan fingerprint density at radius 3 is 1.03 bits per heavy atom. The summed E-state index contributed by atoms with van der Waals surface area (Å²) in [5, 5.41) is 26.8. The predicted molar refractivity (Wildman–Crippen MR) is 416 cm³/mol. The van der Waals surface area contributed by atoms with Crippen molar-refractivity contribution >= 4 is 49.5 Å². The van der Waals surface area contributed by atoms with E-state index in [1.54, 1.807) is 0 Å². The van der Waals surface area contributed by atoms with E-state index in [1.165, 1.54) is 57.8 Å². The average Bonchev–Trinajstić information content (AvgIpc) is 0.780. The van der Waals surface area contributed by atoms with Gasteiger partial charge in [0.2, 0.25) is 11.8 Å². The molecular weight excluding hydrogens is 1360 g/mol. The second kappa shape index (κ2) is 68.3. The molecule has 1 saturated heterocycles. The number of aliphatic carboxylic acids is 1. The van der Waals surface area contributed by atoms with E-state index in [2.05, 4.69) is 52.2 Å². The Kier molecular flexibility index (Phi) is 64.6. The number of hydrogen-bond acceptors (Lipinski definition) is 16. The molecule has 0 radical (unpaired) electrons. The van der Waals surface area contributed by atoms with Crippen LogP contribution in [0.25, 0.3) is 0 Å². The molecule has 616 valence electrons. The molecule has 6 N–H and O–H groups in total. The number of unbranched alkanes of at least 4 members (excludes halogenated alkanes) is 42. The van der Waals surface area contributed by atoms with Crippen LogP contribution in [0.4, 0.5) is 0 Å². The number of phosphoric acid groups is 1. The summed E-state index contributed by atoms with van der Waals surface area (Å²) in [4.78, 5) is 118. The van der Waals surface area contributed by atoms with E-state index in [4.69, 9.17) is 32.9 Å². The van der Waals surface area contributed by atoms with Gasteiger partial charge in [-0.05, 0) is 64.2 Å². The quantitative estimate of drug-likeness (QED) is 0.0143. The Bertz CT molecular complexity index is 2200. The molecule has 0 aromatic rings. The highest BCUT2D eigenvalue weighted by molar-refractivity contribution is 7.46. The molecule has 1 fully saturated rings. The van der Waals surface area contributed by atoms with Crippen molar-refractivity contribution in [1.29, 1.82) is 0 Å². The molecule has 9 atom stereocenters. The number of carbonyl (C=O) groups excluding carboxylic acids is 6. The van der Waals surface area contributed by atoms with Crippen LogP contribution >= 0.6 is 7.82 Å². The van der Waals surface area contributed by atoms with E-state index in [0.29, 0.717) is 57.8 Å². The number of amides is 2. The van der Waals surface area contributed by atoms with Gasteiger partial charge in [0.1, 0.15) is 36.6 Å². The molecule has 1 heterocycles. The summed E-state index contributed by atoms with van der Waals surface area (Å²) >= 11 is 0. The van der Waals surface area contributed by atoms with Crippen LogP contribution in [0.5, 0.6) is 0 Å². The maximum absolute atomic E-state index is 14.9. The number of esters is 4. The molecule has 0 aromatic heterocycles. The van der Waals surface area contributed by atoms with Crippen LogP contribution in [0, 0.1) is 0 Å². The molecule has 0 unspecified atom stereocenters. The number of rotatable bonds is 75. The first-order valence-electron chi connectivity index (χ1n) is 43.0. The fourth-order valence-corrected chi connectivity index (χ4v) is 14.5. The summed E-state index contributed by atoms with van der Waals surface area (Å²) in [7, 11) is -5.55. The molecule has 21 nitrogen and oxygen atoms in total. The van der Waals surface area contributed by atoms with Crippen LogP contribution in [-0.4, -0.2) is 130 Å². The lowest BCUT2D eigenvalue weighted by Crippen LogP contribution is -2.66. The van der Waals surface area contributed by atoms with E-state index >= 15 is 0 Å². The molecule has 1 aliphatic heterocycles. The molecule has 1 aliphatic rings. The van der Waals surface area contributed by atoms with Gasteiger partial charge < -0.3 is 59.1 Å². The van der Waals surface area contributed by atoms with Gasteiger partial charge in [-0.15, -0.1) is 0 Å². The summed E-state index contributed by atoms with van der Waals surface area (Å²) in [6.07, 6.45) is 38.7. The fraction of sp³-hybridized carbons (Fsp3) is 0.916. The van der Waals surface area contributed by atoms with E-state index < -0.39 is 137 Å². The Morgan fingerprint density at radius 1 is 0.390 bits per heavy atom. The zero-order valence-electron chi connectivity index (χ0n) is 67.2. The van der Waals surface area contributed by atoms with Gasteiger partial charge in [-0.2, -0.15) is 0 Å². The van der Waals surface area contributed by atoms with Gasteiger partial charge in [-0.3, -0.25) is 38.1 Å². The summed E-state index contributed by atoms with van der Waals surface area (Å²) in [5.41, 5.74) is 0. The van der Waals surface area contributed by atoms with Gasteiger partial charge in [0.15, 0.2) is 12.4 Å². The van der Waals surface area contributed by atoms with E-state index in [1.807, 2.05) is 0 Å². The molecule has 0 aromatic carbocycles. The second-order valence-electron chi connectivity index (χ2n) is 30.3. The number of hydrogen-bond donors (Lipinski definition) is 6. The molecule has 105 heavy (non-hydrogen) atoms. The minimum Gasteiger partial charge on any atom is -0.481 e. The molecule has 0 spiro atoms. The number of phosphoric ester groups is 1. The first-order valence-corrected chi connectivity index (χ1v) is 44.6. The Balaban J connectivity index is 3.93. The highest BCUT2D eigenvalue weighted by Crippen LogP contribution is 2.42. The summed E-state index contributed by atoms with van der Waals surface area (Å²) < 4.78 is 55.6. The summed E-state index contributed by atoms with van der Waals surface area (Å²) in [6, 6.07) is -2.78. The van der Waals surface area contributed by atoms with Crippen LogP contribution in [0.1, 0.15) is 420 Å². The van der Waals surface area contributed by atoms with E-state index in [-0.39, 0.29) is 32.1 Å². The number of carboxylic acids is 1. The highest BCUT2D eigenvalue weighted by atomic mass is 31.2. The van der Waals surface area contributed by atoms with Crippen molar-refractivity contribution in [2.45, 2.75) is 475 Å². The maximum atomic E-state index is 14.9. The standard InChI is InChI=1S/C83H155N2O19P/c1-7-13-19-25-31-34-40-43-49-55-69(99-76(91)58-52-46-37-28-22-16-10-4)63-73(87)84-68(61-62-75(89)90)67-98-83-80(85-74(88)64-70(56-50-44-41-35-32-26-20-14-8-2)100-77(92)59-53-47-38-29-23-17-11-5)82(81(72(66-86)102-83)104-105(95,96)97)103-79(94)65-71(57-51-45-42-36-33-27-21-15-9-3)101-78(93)60-54-48-39-30-24-18-12-6/h68-72,80-83,86H,7-67H2,1-6H3,(H,84,87)(H,85,88)(H,89,90)(H2,95,96,97)/t68-,69+,70+,71+,72+,80-,81+,82+,83+/m0/s1. The molecule has 1 rings (SSSR count). The molecule has 0 aliphatic carbocycles. The van der Waals surface area contributed by atoms with Crippen LogP contribution < -0.4 is 10.6 Å². The number of aliphatic hydroxyl groups is 1. The molecule has 0 bridgehead atoms. The van der Waals surface area contributed by atoms with E-state index in [9.17, 15) is 58.1 Å². The van der Waals surface area contributed by atoms with Crippen LogP contribution in [0.2, 0.25) is 0 Å². The van der Waals surface area contributed by atoms with Crippen molar-refractivity contribution in [3.63, 3.8) is 0 Å². The van der Waals surface area contributed by atoms with Gasteiger partial charge >= 0.3 is 37.7 Å². The lowest BCUT2D eigenvalue weighted by Gasteiger charge is -2.45. The lowest BCUT2D eigenvalue weighted by molar-refractivity contribution is -0.272. The summed E-state index contributed by atoms with van der Waals surface area (Å²) in [5.74, 6) is -4.82. The van der Waals surface area contributed by atoms with Crippen molar-refractivity contribution in [3.8, 4) is 0 Å². The molecular formula is C83H155N2O19P. The summed E-state index contributed by atoms with van der Waals surface area (Å²) in [6.45, 7) is 11.5. The number of aliphatic hydroxyl groups excluding tert-OH is 1.